The molecule has 4 nitrogen and oxygen atoms in total. The molecule has 5 heteroatoms. The molecule has 0 aliphatic heterocycles. The SMILES string of the molecule is CC(C)c1cc(NC(=O)CCCCCl)n[nH]1. The number of hydrogen-bond acceptors (Lipinski definition) is 2. The lowest BCUT2D eigenvalue weighted by Crippen LogP contribution is -2.11. The molecule has 0 saturated heterocycles. The van der Waals surface area contributed by atoms with E-state index in [4.69, 9.17) is 11.6 Å². The summed E-state index contributed by atoms with van der Waals surface area (Å²) >= 11 is 5.53. The monoisotopic (exact) mass is 243 g/mol. The van der Waals surface area contributed by atoms with Gasteiger partial charge in [0.1, 0.15) is 0 Å². The zero-order valence-electron chi connectivity index (χ0n) is 9.72. The first kappa shape index (κ1) is 13.0. The van der Waals surface area contributed by atoms with Gasteiger partial charge in [0, 0.05) is 24.1 Å². The first-order chi connectivity index (χ1) is 7.63. The summed E-state index contributed by atoms with van der Waals surface area (Å²) in [7, 11) is 0. The molecule has 2 N–H and O–H groups in total. The van der Waals surface area contributed by atoms with E-state index in [-0.39, 0.29) is 5.91 Å². The van der Waals surface area contributed by atoms with Gasteiger partial charge in [-0.3, -0.25) is 9.89 Å². The van der Waals surface area contributed by atoms with Crippen LogP contribution < -0.4 is 5.32 Å². The molecule has 0 radical (unpaired) electrons. The Labute approximate surface area is 101 Å². The van der Waals surface area contributed by atoms with Gasteiger partial charge in [-0.25, -0.2) is 0 Å². The number of hydrogen-bond donors (Lipinski definition) is 2. The van der Waals surface area contributed by atoms with Crippen LogP contribution in [0.1, 0.15) is 44.7 Å². The maximum absolute atomic E-state index is 11.5. The van der Waals surface area contributed by atoms with Crippen molar-refractivity contribution >= 4 is 23.3 Å². The average Bonchev–Trinajstić information content (AvgIpc) is 2.66. The molecule has 90 valence electrons. The normalized spacial score (nSPS) is 10.8. The molecule has 0 spiro atoms. The number of unbranched alkanes of at least 4 members (excludes halogenated alkanes) is 1. The minimum absolute atomic E-state index is 0.00748. The molecule has 0 aromatic carbocycles. The molecule has 1 heterocycles. The number of anilines is 1. The van der Waals surface area contributed by atoms with Crippen molar-refractivity contribution in [2.75, 3.05) is 11.2 Å². The largest absolute Gasteiger partial charge is 0.309 e. The fraction of sp³-hybridized carbons (Fsp3) is 0.636. The van der Waals surface area contributed by atoms with Crippen LogP contribution in [0.3, 0.4) is 0 Å². The van der Waals surface area contributed by atoms with Crippen LogP contribution in [0.15, 0.2) is 6.07 Å². The first-order valence-corrected chi connectivity index (χ1v) is 6.08. The molecule has 1 amide bonds. The summed E-state index contributed by atoms with van der Waals surface area (Å²) in [5, 5.41) is 9.67. The molecule has 0 aliphatic carbocycles. The molecular weight excluding hydrogens is 226 g/mol. The van der Waals surface area contributed by atoms with Gasteiger partial charge in [0.2, 0.25) is 5.91 Å². The molecule has 16 heavy (non-hydrogen) atoms. The highest BCUT2D eigenvalue weighted by molar-refractivity contribution is 6.17. The van der Waals surface area contributed by atoms with Crippen molar-refractivity contribution in [1.29, 1.82) is 0 Å². The van der Waals surface area contributed by atoms with Gasteiger partial charge >= 0.3 is 0 Å². The van der Waals surface area contributed by atoms with E-state index in [0.717, 1.165) is 18.5 Å². The van der Waals surface area contributed by atoms with Crippen LogP contribution in [0, 0.1) is 0 Å². The van der Waals surface area contributed by atoms with Crippen molar-refractivity contribution in [2.24, 2.45) is 0 Å². The average molecular weight is 244 g/mol. The number of aromatic amines is 1. The Bertz CT molecular complexity index is 336. The van der Waals surface area contributed by atoms with Gasteiger partial charge in [0.05, 0.1) is 0 Å². The fourth-order valence-electron chi connectivity index (χ4n) is 1.28. The predicted octanol–water partition coefficient (Wildman–Crippen LogP) is 2.88. The predicted molar refractivity (Wildman–Crippen MR) is 65.9 cm³/mol. The zero-order valence-corrected chi connectivity index (χ0v) is 10.5. The van der Waals surface area contributed by atoms with E-state index in [0.29, 0.717) is 24.0 Å². The number of nitrogens with one attached hydrogen (secondary N) is 2. The van der Waals surface area contributed by atoms with E-state index in [1.54, 1.807) is 0 Å². The highest BCUT2D eigenvalue weighted by atomic mass is 35.5. The standard InChI is InChI=1S/C11H18ClN3O/c1-8(2)9-7-10(15-14-9)13-11(16)5-3-4-6-12/h7-8H,3-6H2,1-2H3,(H2,13,14,15,16). The van der Waals surface area contributed by atoms with Gasteiger partial charge in [0.15, 0.2) is 5.82 Å². The molecule has 0 bridgehead atoms. The van der Waals surface area contributed by atoms with Crippen LogP contribution in [0.2, 0.25) is 0 Å². The number of carbonyl (C=O) groups is 1. The lowest BCUT2D eigenvalue weighted by Gasteiger charge is -2.00. The van der Waals surface area contributed by atoms with Crippen LogP contribution >= 0.6 is 11.6 Å². The van der Waals surface area contributed by atoms with Gasteiger partial charge in [-0.15, -0.1) is 11.6 Å². The summed E-state index contributed by atoms with van der Waals surface area (Å²) in [6, 6.07) is 1.87. The van der Waals surface area contributed by atoms with Crippen LogP contribution in [0.5, 0.6) is 0 Å². The van der Waals surface area contributed by atoms with Crippen LogP contribution in [-0.4, -0.2) is 22.0 Å². The molecule has 1 aromatic heterocycles. The molecule has 0 saturated carbocycles. The third kappa shape index (κ3) is 4.23. The first-order valence-electron chi connectivity index (χ1n) is 5.54. The van der Waals surface area contributed by atoms with Crippen LogP contribution in [-0.2, 0) is 4.79 Å². The number of nitrogens with zero attached hydrogens (tertiary/aromatic N) is 1. The van der Waals surface area contributed by atoms with Crippen molar-refractivity contribution in [3.63, 3.8) is 0 Å². The Kier molecular flexibility index (Phi) is 5.32. The van der Waals surface area contributed by atoms with Crippen molar-refractivity contribution in [1.82, 2.24) is 10.2 Å². The molecule has 0 atom stereocenters. The second kappa shape index (κ2) is 6.53. The van der Waals surface area contributed by atoms with Gasteiger partial charge in [0.25, 0.3) is 0 Å². The molecular formula is C11H18ClN3O. The molecule has 1 rings (SSSR count). The number of carbonyl (C=O) groups excluding carboxylic acids is 1. The summed E-state index contributed by atoms with van der Waals surface area (Å²) in [5.74, 6) is 1.58. The van der Waals surface area contributed by atoms with Crippen molar-refractivity contribution in [2.45, 2.75) is 39.0 Å². The van der Waals surface area contributed by atoms with Crippen molar-refractivity contribution < 1.29 is 4.79 Å². The van der Waals surface area contributed by atoms with Crippen LogP contribution in [0.25, 0.3) is 0 Å². The third-order valence-electron chi connectivity index (χ3n) is 2.27. The van der Waals surface area contributed by atoms with E-state index >= 15 is 0 Å². The smallest absolute Gasteiger partial charge is 0.225 e. The molecule has 0 unspecified atom stereocenters. The Morgan fingerprint density at radius 3 is 2.88 bits per heavy atom. The van der Waals surface area contributed by atoms with E-state index < -0.39 is 0 Å². The Hall–Kier alpha value is -1.03. The molecule has 1 aromatic rings. The highest BCUT2D eigenvalue weighted by Crippen LogP contribution is 2.14. The number of halogens is 1. The second-order valence-corrected chi connectivity index (χ2v) is 4.44. The maximum Gasteiger partial charge on any atom is 0.225 e. The highest BCUT2D eigenvalue weighted by Gasteiger charge is 2.07. The summed E-state index contributed by atoms with van der Waals surface area (Å²) < 4.78 is 0. The lowest BCUT2D eigenvalue weighted by atomic mass is 10.1. The Balaban J connectivity index is 2.37. The van der Waals surface area contributed by atoms with E-state index in [1.807, 2.05) is 6.07 Å². The summed E-state index contributed by atoms with van der Waals surface area (Å²) in [6.45, 7) is 4.14. The Morgan fingerprint density at radius 1 is 1.56 bits per heavy atom. The van der Waals surface area contributed by atoms with Gasteiger partial charge in [-0.2, -0.15) is 5.10 Å². The second-order valence-electron chi connectivity index (χ2n) is 4.06. The number of H-pyrrole nitrogens is 1. The number of alkyl halides is 1. The fourth-order valence-corrected chi connectivity index (χ4v) is 1.47. The van der Waals surface area contributed by atoms with Crippen molar-refractivity contribution in [3.8, 4) is 0 Å². The quantitative estimate of drug-likeness (QED) is 0.596. The lowest BCUT2D eigenvalue weighted by molar-refractivity contribution is -0.116. The third-order valence-corrected chi connectivity index (χ3v) is 2.54. The summed E-state index contributed by atoms with van der Waals surface area (Å²) in [5.41, 5.74) is 1.02. The van der Waals surface area contributed by atoms with Gasteiger partial charge < -0.3 is 5.32 Å². The van der Waals surface area contributed by atoms with E-state index in [9.17, 15) is 4.79 Å². The van der Waals surface area contributed by atoms with Gasteiger partial charge in [-0.1, -0.05) is 13.8 Å². The van der Waals surface area contributed by atoms with Crippen LogP contribution in [0.4, 0.5) is 5.82 Å². The summed E-state index contributed by atoms with van der Waals surface area (Å²) in [6.07, 6.45) is 2.18. The van der Waals surface area contributed by atoms with Crippen molar-refractivity contribution in [3.05, 3.63) is 11.8 Å². The number of aromatic nitrogens is 2. The topological polar surface area (TPSA) is 57.8 Å². The van der Waals surface area contributed by atoms with E-state index in [2.05, 4.69) is 29.4 Å². The molecule has 0 aliphatic rings. The maximum atomic E-state index is 11.5. The van der Waals surface area contributed by atoms with Gasteiger partial charge in [-0.05, 0) is 18.8 Å². The minimum Gasteiger partial charge on any atom is -0.309 e. The van der Waals surface area contributed by atoms with E-state index in [1.165, 1.54) is 0 Å². The number of rotatable bonds is 6. The zero-order chi connectivity index (χ0) is 12.0. The number of amides is 1. The summed E-state index contributed by atoms with van der Waals surface area (Å²) in [4.78, 5) is 11.5. The minimum atomic E-state index is -0.00748. The Morgan fingerprint density at radius 2 is 2.31 bits per heavy atom. The molecule has 0 fully saturated rings.